The van der Waals surface area contributed by atoms with Crippen molar-refractivity contribution in [1.82, 2.24) is 0 Å². The summed E-state index contributed by atoms with van der Waals surface area (Å²) in [5.74, 6) is -0.912. The van der Waals surface area contributed by atoms with E-state index in [0.29, 0.717) is 0 Å². The Labute approximate surface area is 109 Å². The van der Waals surface area contributed by atoms with Gasteiger partial charge in [-0.25, -0.2) is 4.79 Å². The molecule has 3 nitrogen and oxygen atoms in total. The molecule has 0 spiro atoms. The molecular weight excluding hydrogens is 261 g/mol. The Kier molecular flexibility index (Phi) is 4.80. The van der Waals surface area contributed by atoms with E-state index in [0.717, 1.165) is 24.3 Å². The minimum absolute atomic E-state index is 0.107. The molecule has 0 saturated carbocycles. The van der Waals surface area contributed by atoms with Crippen LogP contribution in [0.4, 0.5) is 13.2 Å². The zero-order valence-electron chi connectivity index (χ0n) is 10.6. The van der Waals surface area contributed by atoms with Gasteiger partial charge in [0.2, 0.25) is 0 Å². The van der Waals surface area contributed by atoms with E-state index < -0.39 is 23.8 Å². The molecule has 6 heteroatoms. The van der Waals surface area contributed by atoms with Crippen molar-refractivity contribution in [2.45, 2.75) is 32.5 Å². The number of aliphatic carboxylic acids is 1. The Hall–Kier alpha value is -1.72. The Morgan fingerprint density at radius 1 is 1.26 bits per heavy atom. The number of ether oxygens (including phenoxy) is 1. The van der Waals surface area contributed by atoms with E-state index in [2.05, 4.69) is 0 Å². The van der Waals surface area contributed by atoms with Crippen LogP contribution in [0.3, 0.4) is 0 Å². The smallest absolute Gasteiger partial charge is 0.416 e. The van der Waals surface area contributed by atoms with Gasteiger partial charge in [0, 0.05) is 0 Å². The number of alkyl halides is 3. The van der Waals surface area contributed by atoms with E-state index in [-0.39, 0.29) is 18.1 Å². The molecule has 0 saturated heterocycles. The van der Waals surface area contributed by atoms with E-state index >= 15 is 0 Å². The van der Waals surface area contributed by atoms with Crippen molar-refractivity contribution in [1.29, 1.82) is 0 Å². The van der Waals surface area contributed by atoms with Crippen molar-refractivity contribution in [2.75, 3.05) is 0 Å². The molecule has 1 N–H and O–H groups in total. The van der Waals surface area contributed by atoms with Gasteiger partial charge in [-0.3, -0.25) is 0 Å². The van der Waals surface area contributed by atoms with Gasteiger partial charge < -0.3 is 9.84 Å². The Morgan fingerprint density at radius 2 is 1.79 bits per heavy atom. The molecule has 1 unspecified atom stereocenters. The first kappa shape index (κ1) is 15.3. The largest absolute Gasteiger partial charge is 0.479 e. The summed E-state index contributed by atoms with van der Waals surface area (Å²) in [5.41, 5.74) is -0.796. The Balaban J connectivity index is 2.78. The number of halogens is 3. The van der Waals surface area contributed by atoms with Crippen molar-refractivity contribution >= 4 is 5.97 Å². The first-order chi connectivity index (χ1) is 8.70. The van der Waals surface area contributed by atoms with Crippen LogP contribution >= 0.6 is 0 Å². The highest BCUT2D eigenvalue weighted by atomic mass is 19.4. The van der Waals surface area contributed by atoms with Crippen LogP contribution in [-0.4, -0.2) is 17.2 Å². The summed E-state index contributed by atoms with van der Waals surface area (Å²) in [4.78, 5) is 11.0. The van der Waals surface area contributed by atoms with Crippen LogP contribution in [0.25, 0.3) is 0 Å². The fourth-order valence-corrected chi connectivity index (χ4v) is 1.51. The third-order valence-corrected chi connectivity index (χ3v) is 2.42. The molecule has 0 aliphatic heterocycles. The predicted octanol–water partition coefficient (Wildman–Crippen LogP) is 3.58. The maximum atomic E-state index is 12.3. The standard InChI is InChI=1S/C13H15F3O3/c1-8(2)7-11(12(17)18)19-10-5-3-9(4-6-10)13(14,15)16/h3-6,8,11H,7H2,1-2H3,(H,17,18). The summed E-state index contributed by atoms with van der Waals surface area (Å²) in [6, 6.07) is 3.98. The van der Waals surface area contributed by atoms with Gasteiger partial charge in [-0.05, 0) is 36.6 Å². The van der Waals surface area contributed by atoms with Crippen molar-refractivity contribution in [2.24, 2.45) is 5.92 Å². The van der Waals surface area contributed by atoms with Crippen molar-refractivity contribution in [3.05, 3.63) is 29.8 Å². The summed E-state index contributed by atoms with van der Waals surface area (Å²) in [6.45, 7) is 3.68. The van der Waals surface area contributed by atoms with Gasteiger partial charge in [0.15, 0.2) is 6.10 Å². The zero-order valence-corrected chi connectivity index (χ0v) is 10.6. The number of rotatable bonds is 5. The van der Waals surface area contributed by atoms with Gasteiger partial charge in [-0.15, -0.1) is 0 Å². The third-order valence-electron chi connectivity index (χ3n) is 2.42. The number of carboxylic acids is 1. The molecule has 1 aromatic carbocycles. The van der Waals surface area contributed by atoms with Crippen molar-refractivity contribution in [3.8, 4) is 5.75 Å². The quantitative estimate of drug-likeness (QED) is 0.894. The molecule has 1 rings (SSSR count). The summed E-state index contributed by atoms with van der Waals surface area (Å²) < 4.78 is 42.2. The second kappa shape index (κ2) is 5.95. The van der Waals surface area contributed by atoms with E-state index in [1.807, 2.05) is 13.8 Å². The zero-order chi connectivity index (χ0) is 14.6. The summed E-state index contributed by atoms with van der Waals surface area (Å²) in [7, 11) is 0. The lowest BCUT2D eigenvalue weighted by atomic mass is 10.1. The Morgan fingerprint density at radius 3 is 2.16 bits per heavy atom. The lowest BCUT2D eigenvalue weighted by Gasteiger charge is -2.17. The highest BCUT2D eigenvalue weighted by Crippen LogP contribution is 2.30. The highest BCUT2D eigenvalue weighted by Gasteiger charge is 2.30. The summed E-state index contributed by atoms with van der Waals surface area (Å²) in [5, 5.41) is 8.96. The molecule has 0 heterocycles. The third kappa shape index (κ3) is 4.81. The second-order valence-electron chi connectivity index (χ2n) is 4.60. The lowest BCUT2D eigenvalue weighted by molar-refractivity contribution is -0.146. The number of benzene rings is 1. The molecule has 0 fully saturated rings. The van der Waals surface area contributed by atoms with Crippen LogP contribution in [0, 0.1) is 5.92 Å². The highest BCUT2D eigenvalue weighted by molar-refractivity contribution is 5.72. The van der Waals surface area contributed by atoms with E-state index in [1.54, 1.807) is 0 Å². The molecule has 0 bridgehead atoms. The second-order valence-corrected chi connectivity index (χ2v) is 4.60. The van der Waals surface area contributed by atoms with Crippen molar-refractivity contribution < 1.29 is 27.8 Å². The van der Waals surface area contributed by atoms with Crippen LogP contribution < -0.4 is 4.74 Å². The van der Waals surface area contributed by atoms with E-state index in [1.165, 1.54) is 0 Å². The first-order valence-corrected chi connectivity index (χ1v) is 5.77. The summed E-state index contributed by atoms with van der Waals surface area (Å²) in [6.07, 6.45) is -5.18. The van der Waals surface area contributed by atoms with Crippen LogP contribution in [0.2, 0.25) is 0 Å². The van der Waals surface area contributed by atoms with Gasteiger partial charge in [0.1, 0.15) is 5.75 Å². The van der Waals surface area contributed by atoms with Gasteiger partial charge in [-0.1, -0.05) is 13.8 Å². The maximum absolute atomic E-state index is 12.3. The predicted molar refractivity (Wildman–Crippen MR) is 63.0 cm³/mol. The van der Waals surface area contributed by atoms with E-state index in [4.69, 9.17) is 9.84 Å². The molecule has 106 valence electrons. The monoisotopic (exact) mass is 276 g/mol. The number of carbonyl (C=O) groups is 1. The van der Waals surface area contributed by atoms with Crippen LogP contribution in [0.5, 0.6) is 5.75 Å². The maximum Gasteiger partial charge on any atom is 0.416 e. The fraction of sp³-hybridized carbons (Fsp3) is 0.462. The number of hydrogen-bond acceptors (Lipinski definition) is 2. The number of carboxylic acid groups (broad SMARTS) is 1. The molecule has 1 atom stereocenters. The molecule has 0 aliphatic rings. The lowest BCUT2D eigenvalue weighted by Crippen LogP contribution is -2.28. The van der Waals surface area contributed by atoms with Gasteiger partial charge in [0.25, 0.3) is 0 Å². The minimum atomic E-state index is -4.41. The molecule has 19 heavy (non-hydrogen) atoms. The van der Waals surface area contributed by atoms with Crippen LogP contribution in [0.1, 0.15) is 25.8 Å². The van der Waals surface area contributed by atoms with Gasteiger partial charge >= 0.3 is 12.1 Å². The molecule has 0 aromatic heterocycles. The van der Waals surface area contributed by atoms with E-state index in [9.17, 15) is 18.0 Å². The van der Waals surface area contributed by atoms with Crippen LogP contribution in [0.15, 0.2) is 24.3 Å². The van der Waals surface area contributed by atoms with Crippen molar-refractivity contribution in [3.63, 3.8) is 0 Å². The summed E-state index contributed by atoms with van der Waals surface area (Å²) >= 11 is 0. The first-order valence-electron chi connectivity index (χ1n) is 5.77. The minimum Gasteiger partial charge on any atom is -0.479 e. The topological polar surface area (TPSA) is 46.5 Å². The van der Waals surface area contributed by atoms with Gasteiger partial charge in [-0.2, -0.15) is 13.2 Å². The fourth-order valence-electron chi connectivity index (χ4n) is 1.51. The molecule has 0 aliphatic carbocycles. The SMILES string of the molecule is CC(C)CC(Oc1ccc(C(F)(F)F)cc1)C(=O)O. The molecule has 0 radical (unpaired) electrons. The molecule has 0 amide bonds. The molecular formula is C13H15F3O3. The Bertz CT molecular complexity index is 424. The number of hydrogen-bond donors (Lipinski definition) is 1. The normalized spacial score (nSPS) is 13.4. The van der Waals surface area contributed by atoms with Gasteiger partial charge in [0.05, 0.1) is 5.56 Å². The average molecular weight is 276 g/mol. The average Bonchev–Trinajstić information content (AvgIpc) is 2.27. The van der Waals surface area contributed by atoms with Crippen LogP contribution in [-0.2, 0) is 11.0 Å². The molecule has 1 aromatic rings.